The number of nitro groups is 1. The summed E-state index contributed by atoms with van der Waals surface area (Å²) in [6, 6.07) is 16.6. The molecule has 0 heterocycles. The number of hydrogen-bond acceptors (Lipinski definition) is 6. The van der Waals surface area contributed by atoms with Crippen molar-refractivity contribution in [1.29, 1.82) is 0 Å². The Morgan fingerprint density at radius 2 is 1.65 bits per heavy atom. The minimum Gasteiger partial charge on any atom is -0.494 e. The normalized spacial score (nSPS) is 10.9. The largest absolute Gasteiger partial charge is 0.494 e. The number of nitro benzene ring substituents is 1. The first kappa shape index (κ1) is 21.8. The molecule has 0 fully saturated rings. The Labute approximate surface area is 178 Å². The Bertz CT molecular complexity index is 1240. The number of nitrogens with zero attached hydrogens (tertiary/aromatic N) is 1. The summed E-state index contributed by atoms with van der Waals surface area (Å²) in [5, 5.41) is 14.0. The van der Waals surface area contributed by atoms with Crippen LogP contribution < -0.4 is 14.8 Å². The summed E-state index contributed by atoms with van der Waals surface area (Å²) in [5.74, 6) is -0.199. The molecule has 10 heteroatoms. The van der Waals surface area contributed by atoms with E-state index in [1.807, 2.05) is 0 Å². The van der Waals surface area contributed by atoms with Crippen molar-refractivity contribution < 1.29 is 22.9 Å². The number of sulfonamides is 1. The van der Waals surface area contributed by atoms with Gasteiger partial charge in [-0.2, -0.15) is 0 Å². The van der Waals surface area contributed by atoms with Gasteiger partial charge < -0.3 is 10.1 Å². The summed E-state index contributed by atoms with van der Waals surface area (Å²) in [7, 11) is -2.93. The van der Waals surface area contributed by atoms with Crippen LogP contribution in [-0.4, -0.2) is 26.4 Å². The summed E-state index contributed by atoms with van der Waals surface area (Å²) < 4.78 is 33.2. The predicted octanol–water partition coefficient (Wildman–Crippen LogP) is 3.96. The van der Waals surface area contributed by atoms with Crippen LogP contribution in [0.2, 0.25) is 0 Å². The second kappa shape index (κ2) is 8.84. The van der Waals surface area contributed by atoms with Crippen LogP contribution in [0.5, 0.6) is 5.75 Å². The first-order chi connectivity index (χ1) is 14.7. The van der Waals surface area contributed by atoms with E-state index < -0.39 is 25.5 Å². The highest BCUT2D eigenvalue weighted by atomic mass is 32.2. The average molecular weight is 441 g/mol. The molecule has 0 saturated carbocycles. The van der Waals surface area contributed by atoms with Gasteiger partial charge in [0, 0.05) is 23.4 Å². The highest BCUT2D eigenvalue weighted by molar-refractivity contribution is 7.92. The molecule has 3 aromatic carbocycles. The zero-order valence-electron chi connectivity index (χ0n) is 16.7. The molecule has 160 valence electrons. The number of benzene rings is 3. The van der Waals surface area contributed by atoms with Gasteiger partial charge in [-0.1, -0.05) is 30.3 Å². The molecule has 0 unspecified atom stereocenters. The van der Waals surface area contributed by atoms with E-state index in [9.17, 15) is 23.3 Å². The van der Waals surface area contributed by atoms with Crippen molar-refractivity contribution >= 4 is 33.0 Å². The van der Waals surface area contributed by atoms with Crippen molar-refractivity contribution in [2.45, 2.75) is 11.8 Å². The molecule has 0 aromatic heterocycles. The van der Waals surface area contributed by atoms with Crippen molar-refractivity contribution in [3.8, 4) is 5.75 Å². The van der Waals surface area contributed by atoms with Crippen LogP contribution in [0.3, 0.4) is 0 Å². The standard InChI is InChI=1S/C21H19N3O6S/c1-14-12-17(23-31(28,29)20-11-7-6-10-18(20)24(26)27)19(30-2)13-16(14)22-21(25)15-8-4-3-5-9-15/h3-13,23H,1-2H3,(H,22,25). The fourth-order valence-corrected chi connectivity index (χ4v) is 4.12. The number of rotatable bonds is 7. The summed E-state index contributed by atoms with van der Waals surface area (Å²) >= 11 is 0. The zero-order valence-corrected chi connectivity index (χ0v) is 17.5. The van der Waals surface area contributed by atoms with E-state index in [0.29, 0.717) is 16.8 Å². The van der Waals surface area contributed by atoms with Gasteiger partial charge in [0.15, 0.2) is 4.90 Å². The lowest BCUT2D eigenvalue weighted by atomic mass is 10.1. The number of para-hydroxylation sites is 1. The van der Waals surface area contributed by atoms with Gasteiger partial charge in [0.05, 0.1) is 17.7 Å². The summed E-state index contributed by atoms with van der Waals surface area (Å²) in [5.41, 5.74) is 0.986. The Kier molecular flexibility index (Phi) is 6.21. The van der Waals surface area contributed by atoms with E-state index in [4.69, 9.17) is 4.74 Å². The molecule has 9 nitrogen and oxygen atoms in total. The van der Waals surface area contributed by atoms with Gasteiger partial charge in [0.2, 0.25) is 0 Å². The molecule has 31 heavy (non-hydrogen) atoms. The zero-order chi connectivity index (χ0) is 22.6. The van der Waals surface area contributed by atoms with Crippen LogP contribution in [0.1, 0.15) is 15.9 Å². The van der Waals surface area contributed by atoms with Crippen molar-refractivity contribution in [2.75, 3.05) is 17.1 Å². The van der Waals surface area contributed by atoms with Crippen molar-refractivity contribution in [3.05, 3.63) is 88.0 Å². The number of amides is 1. The van der Waals surface area contributed by atoms with Crippen molar-refractivity contribution in [3.63, 3.8) is 0 Å². The maximum absolute atomic E-state index is 12.8. The Morgan fingerprint density at radius 1 is 1.00 bits per heavy atom. The molecule has 3 rings (SSSR count). The first-order valence-corrected chi connectivity index (χ1v) is 10.5. The number of nitrogens with one attached hydrogen (secondary N) is 2. The number of anilines is 2. The molecule has 0 radical (unpaired) electrons. The minimum atomic E-state index is -4.28. The quantitative estimate of drug-likeness (QED) is 0.422. The van der Waals surface area contributed by atoms with Gasteiger partial charge in [-0.3, -0.25) is 19.6 Å². The fraction of sp³-hybridized carbons (Fsp3) is 0.0952. The molecule has 0 spiro atoms. The van der Waals surface area contributed by atoms with Crippen LogP contribution in [-0.2, 0) is 10.0 Å². The summed E-state index contributed by atoms with van der Waals surface area (Å²) in [4.78, 5) is 22.4. The number of carbonyl (C=O) groups is 1. The molecular formula is C21H19N3O6S. The smallest absolute Gasteiger partial charge is 0.289 e. The van der Waals surface area contributed by atoms with Crippen LogP contribution in [0, 0.1) is 17.0 Å². The lowest BCUT2D eigenvalue weighted by Gasteiger charge is -2.16. The highest BCUT2D eigenvalue weighted by Crippen LogP contribution is 2.34. The minimum absolute atomic E-state index is 0.0795. The molecule has 0 saturated heterocycles. The average Bonchev–Trinajstić information content (AvgIpc) is 2.75. The maximum atomic E-state index is 12.8. The first-order valence-electron chi connectivity index (χ1n) is 9.04. The number of aryl methyl sites for hydroxylation is 1. The Hall–Kier alpha value is -3.92. The number of carbonyl (C=O) groups excluding carboxylic acids is 1. The van der Waals surface area contributed by atoms with E-state index in [2.05, 4.69) is 10.0 Å². The van der Waals surface area contributed by atoms with E-state index in [0.717, 1.165) is 12.1 Å². The van der Waals surface area contributed by atoms with E-state index in [1.165, 1.54) is 31.4 Å². The second-order valence-corrected chi connectivity index (χ2v) is 8.17. The maximum Gasteiger partial charge on any atom is 0.289 e. The molecule has 0 aliphatic heterocycles. The Morgan fingerprint density at radius 3 is 2.29 bits per heavy atom. The lowest BCUT2D eigenvalue weighted by molar-refractivity contribution is -0.387. The number of hydrogen-bond donors (Lipinski definition) is 2. The van der Waals surface area contributed by atoms with Gasteiger partial charge >= 0.3 is 0 Å². The predicted molar refractivity (Wildman–Crippen MR) is 116 cm³/mol. The molecule has 0 bridgehead atoms. The van der Waals surface area contributed by atoms with Gasteiger partial charge in [0.25, 0.3) is 21.6 Å². The van der Waals surface area contributed by atoms with Gasteiger partial charge in [0.1, 0.15) is 5.75 Å². The van der Waals surface area contributed by atoms with E-state index >= 15 is 0 Å². The van der Waals surface area contributed by atoms with Crippen LogP contribution in [0.4, 0.5) is 17.1 Å². The fourth-order valence-electron chi connectivity index (χ4n) is 2.89. The molecule has 0 atom stereocenters. The number of methoxy groups -OCH3 is 1. The summed E-state index contributed by atoms with van der Waals surface area (Å²) in [6.45, 7) is 1.68. The molecule has 0 aliphatic carbocycles. The van der Waals surface area contributed by atoms with Gasteiger partial charge in [-0.15, -0.1) is 0 Å². The third kappa shape index (κ3) is 4.81. The molecule has 0 aliphatic rings. The van der Waals surface area contributed by atoms with Crippen LogP contribution >= 0.6 is 0 Å². The van der Waals surface area contributed by atoms with Crippen molar-refractivity contribution in [1.82, 2.24) is 0 Å². The molecular weight excluding hydrogens is 422 g/mol. The molecule has 2 N–H and O–H groups in total. The highest BCUT2D eigenvalue weighted by Gasteiger charge is 2.26. The third-order valence-corrected chi connectivity index (χ3v) is 5.84. The van der Waals surface area contributed by atoms with Gasteiger partial charge in [-0.25, -0.2) is 8.42 Å². The van der Waals surface area contributed by atoms with Crippen molar-refractivity contribution in [2.24, 2.45) is 0 Å². The SMILES string of the molecule is COc1cc(NC(=O)c2ccccc2)c(C)cc1NS(=O)(=O)c1ccccc1[N+](=O)[O-]. The lowest BCUT2D eigenvalue weighted by Crippen LogP contribution is -2.16. The molecule has 1 amide bonds. The van der Waals surface area contributed by atoms with Gasteiger partial charge in [-0.05, 0) is 36.8 Å². The summed E-state index contributed by atoms with van der Waals surface area (Å²) in [6.07, 6.45) is 0. The van der Waals surface area contributed by atoms with Crippen LogP contribution in [0.25, 0.3) is 0 Å². The number of ether oxygens (including phenoxy) is 1. The van der Waals surface area contributed by atoms with Crippen LogP contribution in [0.15, 0.2) is 71.6 Å². The Balaban J connectivity index is 1.94. The second-order valence-electron chi connectivity index (χ2n) is 6.52. The van der Waals surface area contributed by atoms with E-state index in [1.54, 1.807) is 37.3 Å². The molecule has 3 aromatic rings. The van der Waals surface area contributed by atoms with E-state index in [-0.39, 0.29) is 17.3 Å². The topological polar surface area (TPSA) is 128 Å². The monoisotopic (exact) mass is 441 g/mol. The third-order valence-electron chi connectivity index (χ3n) is 4.43.